The molecule has 2 aromatic rings. The fraction of sp³-hybridized carbons (Fsp3) is 0.444. The molecule has 28 heavy (non-hydrogen) atoms. The fourth-order valence-corrected chi connectivity index (χ4v) is 4.18. The van der Waals surface area contributed by atoms with E-state index < -0.39 is 5.97 Å². The highest BCUT2D eigenvalue weighted by atomic mass is 35.5. The van der Waals surface area contributed by atoms with E-state index in [2.05, 4.69) is 4.98 Å². The minimum Gasteiger partial charge on any atom is -0.481 e. The second kappa shape index (κ2) is 8.83. The summed E-state index contributed by atoms with van der Waals surface area (Å²) in [5.41, 5.74) is 0.220. The summed E-state index contributed by atoms with van der Waals surface area (Å²) in [5.74, 6) is -1.19. The summed E-state index contributed by atoms with van der Waals surface area (Å²) in [6.07, 6.45) is 0.734. The third kappa shape index (κ3) is 4.41. The molecule has 0 saturated carbocycles. The molecule has 1 aromatic heterocycles. The Kier molecular flexibility index (Phi) is 6.46. The number of piperidine rings is 1. The van der Waals surface area contributed by atoms with Gasteiger partial charge in [0, 0.05) is 24.2 Å². The zero-order chi connectivity index (χ0) is 20.3. The maximum atomic E-state index is 13.2. The Hall–Kier alpha value is -2.26. The van der Waals surface area contributed by atoms with E-state index in [1.807, 2.05) is 0 Å². The largest absolute Gasteiger partial charge is 0.481 e. The van der Waals surface area contributed by atoms with Crippen LogP contribution in [0.25, 0.3) is 10.9 Å². The maximum Gasteiger partial charge on any atom is 0.409 e. The van der Waals surface area contributed by atoms with Crippen molar-refractivity contribution < 1.29 is 19.4 Å². The number of carbonyl (C=O) groups is 2. The molecule has 0 aliphatic carbocycles. The molecule has 3 rings (SSSR count). The Balaban J connectivity index is 1.95. The molecule has 0 atom stereocenters. The summed E-state index contributed by atoms with van der Waals surface area (Å²) < 4.78 is 6.58. The van der Waals surface area contributed by atoms with Crippen LogP contribution in [0.15, 0.2) is 28.2 Å². The summed E-state index contributed by atoms with van der Waals surface area (Å²) in [6.45, 7) is 2.96. The van der Waals surface area contributed by atoms with E-state index in [-0.39, 0.29) is 23.4 Å². The number of carboxylic acid groups (broad SMARTS) is 1. The number of hydrogen-bond donors (Lipinski definition) is 1. The topological polar surface area (TPSA) is 102 Å². The Bertz CT molecular complexity index is 956. The summed E-state index contributed by atoms with van der Waals surface area (Å²) in [6, 6.07) is 4.68. The Morgan fingerprint density at radius 1 is 1.36 bits per heavy atom. The van der Waals surface area contributed by atoms with Crippen LogP contribution < -0.4 is 5.56 Å². The predicted octanol–water partition coefficient (Wildman–Crippen LogP) is 3.02. The van der Waals surface area contributed by atoms with Crippen LogP contribution >= 0.6 is 23.4 Å². The Labute approximate surface area is 170 Å². The van der Waals surface area contributed by atoms with Crippen LogP contribution in [0.1, 0.15) is 25.8 Å². The van der Waals surface area contributed by atoms with Crippen LogP contribution in [-0.4, -0.2) is 57.1 Å². The zero-order valence-electron chi connectivity index (χ0n) is 15.3. The molecule has 0 bridgehead atoms. The van der Waals surface area contributed by atoms with Gasteiger partial charge in [-0.05, 0) is 38.0 Å². The first-order chi connectivity index (χ1) is 13.4. The lowest BCUT2D eigenvalue weighted by molar-refractivity contribution is -0.133. The van der Waals surface area contributed by atoms with Gasteiger partial charge in [0.1, 0.15) is 0 Å². The van der Waals surface area contributed by atoms with Gasteiger partial charge in [-0.2, -0.15) is 0 Å². The third-order valence-electron chi connectivity index (χ3n) is 4.51. The average Bonchev–Trinajstić information content (AvgIpc) is 2.67. The number of hydrogen-bond acceptors (Lipinski definition) is 6. The number of nitrogens with zero attached hydrogens (tertiary/aromatic N) is 3. The number of carbonyl (C=O) groups excluding carboxylic acids is 1. The van der Waals surface area contributed by atoms with Crippen molar-refractivity contribution in [3.05, 3.63) is 33.6 Å². The molecule has 0 spiro atoms. The number of halogens is 1. The summed E-state index contributed by atoms with van der Waals surface area (Å²) in [4.78, 5) is 42.2. The number of thioether (sulfide) groups is 1. The molecule has 150 valence electrons. The standard InChI is InChI=1S/C18H20ClN3O5S/c1-2-27-18(26)21-7-5-12(6-8-21)22-16(25)13-9-11(19)3-4-14(13)20-17(22)28-10-15(23)24/h3-4,9,12H,2,5-8,10H2,1H3,(H,23,24). The van der Waals surface area contributed by atoms with E-state index in [1.54, 1.807) is 34.6 Å². The van der Waals surface area contributed by atoms with Crippen LogP contribution in [0.3, 0.4) is 0 Å². The van der Waals surface area contributed by atoms with Gasteiger partial charge in [0.05, 0.1) is 23.3 Å². The van der Waals surface area contributed by atoms with Crippen molar-refractivity contribution in [3.63, 3.8) is 0 Å². The van der Waals surface area contributed by atoms with E-state index in [1.165, 1.54) is 0 Å². The van der Waals surface area contributed by atoms with Gasteiger partial charge in [0.25, 0.3) is 5.56 Å². The third-order valence-corrected chi connectivity index (χ3v) is 5.68. The molecular formula is C18H20ClN3O5S. The van der Waals surface area contributed by atoms with Crippen LogP contribution in [0, 0.1) is 0 Å². The fourth-order valence-electron chi connectivity index (χ4n) is 3.22. The van der Waals surface area contributed by atoms with Gasteiger partial charge in [-0.1, -0.05) is 23.4 Å². The van der Waals surface area contributed by atoms with Crippen molar-refractivity contribution in [1.82, 2.24) is 14.5 Å². The highest BCUT2D eigenvalue weighted by Gasteiger charge is 2.28. The zero-order valence-corrected chi connectivity index (χ0v) is 16.8. The van der Waals surface area contributed by atoms with Gasteiger partial charge in [-0.3, -0.25) is 14.2 Å². The number of ether oxygens (including phenoxy) is 1. The first kappa shape index (κ1) is 20.5. The highest BCUT2D eigenvalue weighted by molar-refractivity contribution is 7.99. The quantitative estimate of drug-likeness (QED) is 0.580. The lowest BCUT2D eigenvalue weighted by Gasteiger charge is -2.33. The number of likely N-dealkylation sites (tertiary alicyclic amines) is 1. The van der Waals surface area contributed by atoms with Crippen molar-refractivity contribution in [2.75, 3.05) is 25.4 Å². The van der Waals surface area contributed by atoms with Crippen LogP contribution in [-0.2, 0) is 9.53 Å². The van der Waals surface area contributed by atoms with Gasteiger partial charge in [0.2, 0.25) is 0 Å². The molecule has 1 amide bonds. The first-order valence-electron chi connectivity index (χ1n) is 8.88. The summed E-state index contributed by atoms with van der Waals surface area (Å²) >= 11 is 7.05. The molecule has 2 heterocycles. The maximum absolute atomic E-state index is 13.2. The minimum absolute atomic E-state index is 0.189. The number of fused-ring (bicyclic) bond motifs is 1. The van der Waals surface area contributed by atoms with Crippen LogP contribution in [0.4, 0.5) is 4.79 Å². The molecule has 0 unspecified atom stereocenters. The van der Waals surface area contributed by atoms with E-state index in [0.29, 0.717) is 53.6 Å². The first-order valence-corrected chi connectivity index (χ1v) is 10.2. The molecule has 1 saturated heterocycles. The molecule has 0 radical (unpaired) electrons. The van der Waals surface area contributed by atoms with Gasteiger partial charge in [0.15, 0.2) is 5.16 Å². The lowest BCUT2D eigenvalue weighted by Crippen LogP contribution is -2.41. The number of rotatable bonds is 5. The molecule has 1 aromatic carbocycles. The van der Waals surface area contributed by atoms with Crippen molar-refractivity contribution >= 4 is 46.3 Å². The highest BCUT2D eigenvalue weighted by Crippen LogP contribution is 2.28. The van der Waals surface area contributed by atoms with Crippen molar-refractivity contribution in [2.24, 2.45) is 0 Å². The van der Waals surface area contributed by atoms with Crippen molar-refractivity contribution in [3.8, 4) is 0 Å². The predicted molar refractivity (Wildman–Crippen MR) is 106 cm³/mol. The van der Waals surface area contributed by atoms with E-state index in [0.717, 1.165) is 11.8 Å². The number of aliphatic carboxylic acids is 1. The molecule has 10 heteroatoms. The summed E-state index contributed by atoms with van der Waals surface area (Å²) in [7, 11) is 0. The molecule has 1 fully saturated rings. The number of carboxylic acids is 1. The number of benzene rings is 1. The molecule has 8 nitrogen and oxygen atoms in total. The molecule has 1 aliphatic rings. The van der Waals surface area contributed by atoms with E-state index in [4.69, 9.17) is 21.4 Å². The number of amides is 1. The van der Waals surface area contributed by atoms with Crippen LogP contribution in [0.5, 0.6) is 0 Å². The summed E-state index contributed by atoms with van der Waals surface area (Å²) in [5, 5.41) is 10.2. The van der Waals surface area contributed by atoms with Crippen LogP contribution in [0.2, 0.25) is 5.02 Å². The smallest absolute Gasteiger partial charge is 0.409 e. The van der Waals surface area contributed by atoms with E-state index >= 15 is 0 Å². The molecular weight excluding hydrogens is 406 g/mol. The second-order valence-corrected chi connectivity index (χ2v) is 7.71. The second-order valence-electron chi connectivity index (χ2n) is 6.33. The van der Waals surface area contributed by atoms with Gasteiger partial charge in [-0.25, -0.2) is 9.78 Å². The SMILES string of the molecule is CCOC(=O)N1CCC(n2c(SCC(=O)O)nc3ccc(Cl)cc3c2=O)CC1. The van der Waals surface area contributed by atoms with Crippen molar-refractivity contribution in [2.45, 2.75) is 31.0 Å². The van der Waals surface area contributed by atoms with Gasteiger partial charge in [-0.15, -0.1) is 0 Å². The van der Waals surface area contributed by atoms with Crippen molar-refractivity contribution in [1.29, 1.82) is 0 Å². The van der Waals surface area contributed by atoms with Gasteiger partial charge < -0.3 is 14.7 Å². The normalized spacial score (nSPS) is 15.0. The Morgan fingerprint density at radius 3 is 2.71 bits per heavy atom. The number of aromatic nitrogens is 2. The average molecular weight is 426 g/mol. The lowest BCUT2D eigenvalue weighted by atomic mass is 10.0. The molecule has 1 aliphatic heterocycles. The minimum atomic E-state index is -0.987. The monoisotopic (exact) mass is 425 g/mol. The van der Waals surface area contributed by atoms with Gasteiger partial charge >= 0.3 is 12.1 Å². The Morgan fingerprint density at radius 2 is 2.07 bits per heavy atom. The van der Waals surface area contributed by atoms with E-state index in [9.17, 15) is 14.4 Å². The molecule has 1 N–H and O–H groups in total.